The Kier molecular flexibility index (Phi) is 3.43. The van der Waals surface area contributed by atoms with Crippen molar-refractivity contribution in [2.24, 2.45) is 16.2 Å². The lowest BCUT2D eigenvalue weighted by molar-refractivity contribution is -0.138. The van der Waals surface area contributed by atoms with Crippen LogP contribution in [0.4, 0.5) is 0 Å². The average molecular weight is 253 g/mol. The van der Waals surface area contributed by atoms with E-state index in [4.69, 9.17) is 0 Å². The zero-order valence-electron chi connectivity index (χ0n) is 13.8. The second kappa shape index (κ2) is 3.98. The monoisotopic (exact) mass is 253 g/mol. The second-order valence-electron chi connectivity index (χ2n) is 8.22. The van der Waals surface area contributed by atoms with Crippen molar-refractivity contribution in [3.63, 3.8) is 0 Å². The summed E-state index contributed by atoms with van der Waals surface area (Å²) in [7, 11) is 0. The second-order valence-corrected chi connectivity index (χ2v) is 8.22. The number of likely N-dealkylation sites (tertiary alicyclic amines) is 1. The summed E-state index contributed by atoms with van der Waals surface area (Å²) in [6.07, 6.45) is 1.09. The maximum atomic E-state index is 12.8. The summed E-state index contributed by atoms with van der Waals surface area (Å²) in [4.78, 5) is 14.9. The molecule has 18 heavy (non-hydrogen) atoms. The zero-order chi connectivity index (χ0) is 14.6. The van der Waals surface area contributed by atoms with Crippen LogP contribution in [0.25, 0.3) is 0 Å². The number of amides is 1. The minimum absolute atomic E-state index is 0.0269. The minimum atomic E-state index is -0.291. The first-order chi connectivity index (χ1) is 7.81. The molecule has 0 aromatic rings. The maximum absolute atomic E-state index is 12.8. The van der Waals surface area contributed by atoms with E-state index >= 15 is 0 Å². The van der Waals surface area contributed by atoms with E-state index in [1.807, 2.05) is 0 Å². The first-order valence-corrected chi connectivity index (χ1v) is 7.13. The Bertz CT molecular complexity index is 350. The molecule has 1 rings (SSSR count). The number of rotatable bonds is 3. The molecule has 1 fully saturated rings. The zero-order valence-corrected chi connectivity index (χ0v) is 13.8. The Morgan fingerprint density at radius 2 is 1.50 bits per heavy atom. The molecule has 0 bridgehead atoms. The van der Waals surface area contributed by atoms with Crippen molar-refractivity contribution in [3.05, 3.63) is 0 Å². The molecule has 1 amide bonds. The smallest absolute Gasteiger partial charge is 0.229 e. The SMILES string of the molecule is CCC(C)(C)CN1C(=O)C(C)(C)C(C)(C)C1(C)C. The fourth-order valence-corrected chi connectivity index (χ4v) is 2.77. The van der Waals surface area contributed by atoms with Crippen LogP contribution in [0.15, 0.2) is 0 Å². The maximum Gasteiger partial charge on any atom is 0.229 e. The highest BCUT2D eigenvalue weighted by molar-refractivity contribution is 5.87. The van der Waals surface area contributed by atoms with E-state index in [2.05, 4.69) is 67.2 Å². The fourth-order valence-electron chi connectivity index (χ4n) is 2.77. The topological polar surface area (TPSA) is 20.3 Å². The molecular formula is C16H31NO. The highest BCUT2D eigenvalue weighted by atomic mass is 16.2. The van der Waals surface area contributed by atoms with Gasteiger partial charge in [0.15, 0.2) is 0 Å². The van der Waals surface area contributed by atoms with Gasteiger partial charge < -0.3 is 4.90 Å². The Hall–Kier alpha value is -0.530. The first-order valence-electron chi connectivity index (χ1n) is 7.13. The first kappa shape index (κ1) is 15.5. The molecule has 1 saturated heterocycles. The Labute approximate surface area is 113 Å². The molecule has 2 heteroatoms. The van der Waals surface area contributed by atoms with Gasteiger partial charge in [-0.2, -0.15) is 0 Å². The van der Waals surface area contributed by atoms with Crippen LogP contribution in [0.1, 0.15) is 68.7 Å². The van der Waals surface area contributed by atoms with Gasteiger partial charge in [0.05, 0.1) is 5.41 Å². The van der Waals surface area contributed by atoms with E-state index in [0.717, 1.165) is 13.0 Å². The number of hydrogen-bond acceptors (Lipinski definition) is 1. The van der Waals surface area contributed by atoms with Crippen molar-refractivity contribution in [2.75, 3.05) is 6.54 Å². The highest BCUT2D eigenvalue weighted by Crippen LogP contribution is 2.56. The predicted molar refractivity (Wildman–Crippen MR) is 77.4 cm³/mol. The summed E-state index contributed by atoms with van der Waals surface area (Å²) in [5.74, 6) is 0.305. The molecule has 0 aromatic carbocycles. The predicted octanol–water partition coefficient (Wildman–Crippen LogP) is 4.10. The lowest BCUT2D eigenvalue weighted by atomic mass is 9.62. The van der Waals surface area contributed by atoms with Gasteiger partial charge in [-0.3, -0.25) is 4.79 Å². The molecule has 1 aliphatic rings. The molecule has 1 aliphatic heterocycles. The molecule has 0 aromatic heterocycles. The van der Waals surface area contributed by atoms with Crippen molar-refractivity contribution < 1.29 is 4.79 Å². The molecule has 0 unspecified atom stereocenters. The van der Waals surface area contributed by atoms with Gasteiger partial charge in [0.2, 0.25) is 5.91 Å². The van der Waals surface area contributed by atoms with Crippen LogP contribution in [0.3, 0.4) is 0 Å². The summed E-state index contributed by atoms with van der Waals surface area (Å²) < 4.78 is 0. The third-order valence-electron chi connectivity index (χ3n) is 6.09. The van der Waals surface area contributed by atoms with Gasteiger partial charge in [-0.15, -0.1) is 0 Å². The Morgan fingerprint density at radius 3 is 1.78 bits per heavy atom. The lowest BCUT2D eigenvalue weighted by Gasteiger charge is -2.45. The normalized spacial score (nSPS) is 25.6. The van der Waals surface area contributed by atoms with Crippen LogP contribution in [-0.4, -0.2) is 22.9 Å². The number of hydrogen-bond donors (Lipinski definition) is 0. The molecular weight excluding hydrogens is 222 g/mol. The molecule has 106 valence electrons. The number of carbonyl (C=O) groups excluding carboxylic acids is 1. The molecule has 1 heterocycles. The molecule has 0 spiro atoms. The van der Waals surface area contributed by atoms with E-state index < -0.39 is 0 Å². The van der Waals surface area contributed by atoms with Crippen LogP contribution >= 0.6 is 0 Å². The van der Waals surface area contributed by atoms with E-state index in [0.29, 0.717) is 5.91 Å². The minimum Gasteiger partial charge on any atom is -0.336 e. The molecule has 0 radical (unpaired) electrons. The largest absolute Gasteiger partial charge is 0.336 e. The third kappa shape index (κ3) is 1.88. The lowest BCUT2D eigenvalue weighted by Crippen LogP contribution is -2.51. The molecule has 0 atom stereocenters. The summed E-state index contributed by atoms with van der Waals surface area (Å²) in [6.45, 7) is 20.6. The van der Waals surface area contributed by atoms with E-state index in [1.54, 1.807) is 0 Å². The van der Waals surface area contributed by atoms with Crippen LogP contribution < -0.4 is 0 Å². The van der Waals surface area contributed by atoms with Gasteiger partial charge in [-0.25, -0.2) is 0 Å². The van der Waals surface area contributed by atoms with E-state index in [9.17, 15) is 4.79 Å². The summed E-state index contributed by atoms with van der Waals surface area (Å²) in [5, 5.41) is 0. The van der Waals surface area contributed by atoms with Crippen molar-refractivity contribution in [2.45, 2.75) is 74.3 Å². The van der Waals surface area contributed by atoms with Gasteiger partial charge in [-0.1, -0.05) is 48.5 Å². The van der Waals surface area contributed by atoms with Crippen LogP contribution in [0.2, 0.25) is 0 Å². The summed E-state index contributed by atoms with van der Waals surface area (Å²) >= 11 is 0. The number of nitrogens with zero attached hydrogens (tertiary/aromatic N) is 1. The molecule has 2 nitrogen and oxygen atoms in total. The average Bonchev–Trinajstić information content (AvgIpc) is 2.30. The standard InChI is InChI=1S/C16H31NO/c1-10-13(2,3)11-17-12(18)14(4,5)15(6,7)16(17,8)9/h10-11H2,1-9H3. The van der Waals surface area contributed by atoms with Crippen molar-refractivity contribution in [1.29, 1.82) is 0 Å². The van der Waals surface area contributed by atoms with Crippen LogP contribution in [-0.2, 0) is 4.79 Å². The van der Waals surface area contributed by atoms with Crippen LogP contribution in [0.5, 0.6) is 0 Å². The molecule has 0 aliphatic carbocycles. The van der Waals surface area contributed by atoms with Gasteiger partial charge in [0, 0.05) is 17.5 Å². The fraction of sp³-hybridized carbons (Fsp3) is 0.938. The summed E-state index contributed by atoms with van der Waals surface area (Å²) in [5.41, 5.74) is -0.231. The number of carbonyl (C=O) groups is 1. The van der Waals surface area contributed by atoms with Gasteiger partial charge in [-0.05, 0) is 25.7 Å². The van der Waals surface area contributed by atoms with Crippen molar-refractivity contribution in [3.8, 4) is 0 Å². The van der Waals surface area contributed by atoms with E-state index in [-0.39, 0.29) is 21.8 Å². The molecule has 0 N–H and O–H groups in total. The van der Waals surface area contributed by atoms with Gasteiger partial charge in [0.25, 0.3) is 0 Å². The summed E-state index contributed by atoms with van der Waals surface area (Å²) in [6, 6.07) is 0. The van der Waals surface area contributed by atoms with Crippen molar-refractivity contribution in [1.82, 2.24) is 4.90 Å². The van der Waals surface area contributed by atoms with Gasteiger partial charge >= 0.3 is 0 Å². The van der Waals surface area contributed by atoms with Gasteiger partial charge in [0.1, 0.15) is 0 Å². The highest BCUT2D eigenvalue weighted by Gasteiger charge is 2.63. The third-order valence-corrected chi connectivity index (χ3v) is 6.09. The Balaban J connectivity index is 3.19. The van der Waals surface area contributed by atoms with Crippen LogP contribution in [0, 0.1) is 16.2 Å². The van der Waals surface area contributed by atoms with E-state index in [1.165, 1.54) is 0 Å². The quantitative estimate of drug-likeness (QED) is 0.741. The Morgan fingerprint density at radius 1 is 1.06 bits per heavy atom. The van der Waals surface area contributed by atoms with Crippen molar-refractivity contribution >= 4 is 5.91 Å². The molecule has 0 saturated carbocycles.